The molecule has 2 rings (SSSR count). The van der Waals surface area contributed by atoms with Crippen LogP contribution in [0.5, 0.6) is 0 Å². The molecule has 0 atom stereocenters. The van der Waals surface area contributed by atoms with Gasteiger partial charge < -0.3 is 5.73 Å². The molecule has 0 spiro atoms. The molecule has 0 amide bonds. The number of hydrogen-bond acceptors (Lipinski definition) is 3. The summed E-state index contributed by atoms with van der Waals surface area (Å²) in [5, 5.41) is 4.11. The van der Waals surface area contributed by atoms with E-state index in [-0.39, 0.29) is 24.8 Å². The Morgan fingerprint density at radius 1 is 1.19 bits per heavy atom. The molecule has 0 radical (unpaired) electrons. The first-order valence-electron chi connectivity index (χ1n) is 4.42. The smallest absolute Gasteiger partial charge is 0.0568 e. The molecule has 2 N–H and O–H groups in total. The van der Waals surface area contributed by atoms with E-state index in [1.165, 1.54) is 0 Å². The molecular weight excluding hydrogens is 247 g/mol. The molecule has 88 valence electrons. The van der Waals surface area contributed by atoms with Crippen LogP contribution in [-0.4, -0.2) is 14.8 Å². The molecule has 0 aliphatic carbocycles. The third kappa shape index (κ3) is 3.20. The molecule has 6 heteroatoms. The van der Waals surface area contributed by atoms with Crippen molar-refractivity contribution in [2.45, 2.75) is 6.54 Å². The maximum absolute atomic E-state index is 5.54. The lowest BCUT2D eigenvalue weighted by Gasteiger charge is -1.99. The topological polar surface area (TPSA) is 56.7 Å². The van der Waals surface area contributed by atoms with Gasteiger partial charge in [0.1, 0.15) is 0 Å². The van der Waals surface area contributed by atoms with Gasteiger partial charge in [-0.25, -0.2) is 0 Å². The fourth-order valence-electron chi connectivity index (χ4n) is 1.33. The fourth-order valence-corrected chi connectivity index (χ4v) is 1.33. The van der Waals surface area contributed by atoms with Crippen molar-refractivity contribution in [1.82, 2.24) is 14.8 Å². The fraction of sp³-hybridized carbons (Fsp3) is 0.200. The maximum Gasteiger partial charge on any atom is 0.0568 e. The van der Waals surface area contributed by atoms with Gasteiger partial charge in [0.15, 0.2) is 0 Å². The summed E-state index contributed by atoms with van der Waals surface area (Å²) in [4.78, 5) is 4.12. The predicted octanol–water partition coefficient (Wildman–Crippen LogP) is 1.78. The van der Waals surface area contributed by atoms with Crippen LogP contribution in [0.25, 0.3) is 11.1 Å². The Kier molecular flexibility index (Phi) is 6.03. The Morgan fingerprint density at radius 2 is 1.94 bits per heavy atom. The third-order valence-electron chi connectivity index (χ3n) is 2.07. The van der Waals surface area contributed by atoms with E-state index < -0.39 is 0 Å². The lowest BCUT2D eigenvalue weighted by atomic mass is 10.1. The molecule has 2 aromatic rings. The minimum Gasteiger partial charge on any atom is -0.326 e. The second-order valence-electron chi connectivity index (χ2n) is 3.19. The van der Waals surface area contributed by atoms with Crippen LogP contribution in [0.15, 0.2) is 30.9 Å². The number of pyridine rings is 1. The van der Waals surface area contributed by atoms with E-state index in [0.717, 1.165) is 16.7 Å². The van der Waals surface area contributed by atoms with E-state index >= 15 is 0 Å². The highest BCUT2D eigenvalue weighted by atomic mass is 35.5. The van der Waals surface area contributed by atoms with E-state index in [0.29, 0.717) is 6.54 Å². The highest BCUT2D eigenvalue weighted by Gasteiger charge is 2.01. The Balaban J connectivity index is 0.00000112. The van der Waals surface area contributed by atoms with E-state index in [4.69, 9.17) is 5.73 Å². The molecule has 0 aromatic carbocycles. The summed E-state index contributed by atoms with van der Waals surface area (Å²) in [6, 6.07) is 2.03. The van der Waals surface area contributed by atoms with E-state index in [2.05, 4.69) is 10.1 Å². The van der Waals surface area contributed by atoms with Crippen molar-refractivity contribution in [3.8, 4) is 11.1 Å². The third-order valence-corrected chi connectivity index (χ3v) is 2.07. The predicted molar refractivity (Wildman–Crippen MR) is 68.8 cm³/mol. The van der Waals surface area contributed by atoms with Crippen LogP contribution in [0.3, 0.4) is 0 Å². The van der Waals surface area contributed by atoms with Gasteiger partial charge in [-0.05, 0) is 11.6 Å². The van der Waals surface area contributed by atoms with Gasteiger partial charge in [0.05, 0.1) is 6.20 Å². The summed E-state index contributed by atoms with van der Waals surface area (Å²) < 4.78 is 1.77. The van der Waals surface area contributed by atoms with Gasteiger partial charge in [-0.2, -0.15) is 5.10 Å². The summed E-state index contributed by atoms with van der Waals surface area (Å²) in [5.74, 6) is 0. The van der Waals surface area contributed by atoms with Gasteiger partial charge in [0.2, 0.25) is 0 Å². The zero-order chi connectivity index (χ0) is 9.97. The normalized spacial score (nSPS) is 9.12. The minimum absolute atomic E-state index is 0. The van der Waals surface area contributed by atoms with Gasteiger partial charge in [-0.15, -0.1) is 24.8 Å². The molecule has 0 aliphatic heterocycles. The van der Waals surface area contributed by atoms with Crippen LogP contribution in [0.1, 0.15) is 5.56 Å². The van der Waals surface area contributed by atoms with Gasteiger partial charge in [-0.3, -0.25) is 9.67 Å². The van der Waals surface area contributed by atoms with Crippen molar-refractivity contribution in [3.05, 3.63) is 36.4 Å². The summed E-state index contributed by atoms with van der Waals surface area (Å²) in [5.41, 5.74) is 8.70. The van der Waals surface area contributed by atoms with Crippen LogP contribution in [-0.2, 0) is 13.6 Å². The lowest BCUT2D eigenvalue weighted by Crippen LogP contribution is -1.96. The monoisotopic (exact) mass is 260 g/mol. The standard InChI is InChI=1S/C10H12N4.2ClH/c1-14-7-10(6-13-14)9-2-8(3-11)4-12-5-9;;/h2,4-7H,3,11H2,1H3;2*1H. The van der Waals surface area contributed by atoms with Crippen LogP contribution in [0, 0.1) is 0 Å². The zero-order valence-electron chi connectivity index (χ0n) is 8.83. The quantitative estimate of drug-likeness (QED) is 0.896. The van der Waals surface area contributed by atoms with Crippen molar-refractivity contribution in [1.29, 1.82) is 0 Å². The minimum atomic E-state index is 0. The molecule has 0 saturated heterocycles. The van der Waals surface area contributed by atoms with E-state index in [9.17, 15) is 0 Å². The molecule has 2 heterocycles. The van der Waals surface area contributed by atoms with Crippen LogP contribution in [0.2, 0.25) is 0 Å². The first-order valence-corrected chi connectivity index (χ1v) is 4.42. The van der Waals surface area contributed by atoms with Crippen molar-refractivity contribution in [2.75, 3.05) is 0 Å². The summed E-state index contributed by atoms with van der Waals surface area (Å²) in [6.07, 6.45) is 7.37. The Labute approximate surface area is 107 Å². The number of nitrogens with two attached hydrogens (primary N) is 1. The lowest BCUT2D eigenvalue weighted by molar-refractivity contribution is 0.768. The van der Waals surface area contributed by atoms with E-state index in [1.807, 2.05) is 31.7 Å². The molecule has 0 fully saturated rings. The second kappa shape index (κ2) is 6.48. The number of aryl methyl sites for hydroxylation is 1. The van der Waals surface area contributed by atoms with Crippen LogP contribution < -0.4 is 5.73 Å². The molecule has 0 saturated carbocycles. The number of aromatic nitrogens is 3. The average Bonchev–Trinajstić information content (AvgIpc) is 2.65. The van der Waals surface area contributed by atoms with Gasteiger partial charge in [0, 0.05) is 43.3 Å². The van der Waals surface area contributed by atoms with Crippen molar-refractivity contribution in [2.24, 2.45) is 12.8 Å². The maximum atomic E-state index is 5.54. The first kappa shape index (κ1) is 14.9. The second-order valence-corrected chi connectivity index (χ2v) is 3.19. The Hall–Kier alpha value is -1.10. The van der Waals surface area contributed by atoms with Gasteiger partial charge >= 0.3 is 0 Å². The highest BCUT2D eigenvalue weighted by molar-refractivity contribution is 5.85. The molecule has 0 aliphatic rings. The molecular formula is C10H14Cl2N4. The summed E-state index contributed by atoms with van der Waals surface area (Å²) >= 11 is 0. The molecule has 0 bridgehead atoms. The zero-order valence-corrected chi connectivity index (χ0v) is 10.5. The number of rotatable bonds is 2. The average molecular weight is 261 g/mol. The van der Waals surface area contributed by atoms with Crippen LogP contribution in [0.4, 0.5) is 0 Å². The van der Waals surface area contributed by atoms with Crippen molar-refractivity contribution >= 4 is 24.8 Å². The SMILES string of the molecule is Cl.Cl.Cn1cc(-c2cncc(CN)c2)cn1. The Bertz CT molecular complexity index is 442. The van der Waals surface area contributed by atoms with Gasteiger partial charge in [-0.1, -0.05) is 0 Å². The molecule has 4 nitrogen and oxygen atoms in total. The number of nitrogens with zero attached hydrogens (tertiary/aromatic N) is 3. The summed E-state index contributed by atoms with van der Waals surface area (Å²) in [6.45, 7) is 0.515. The van der Waals surface area contributed by atoms with Crippen LogP contribution >= 0.6 is 24.8 Å². The molecule has 2 aromatic heterocycles. The highest BCUT2D eigenvalue weighted by Crippen LogP contribution is 2.17. The summed E-state index contributed by atoms with van der Waals surface area (Å²) in [7, 11) is 1.89. The van der Waals surface area contributed by atoms with Crippen molar-refractivity contribution in [3.63, 3.8) is 0 Å². The van der Waals surface area contributed by atoms with Crippen molar-refractivity contribution < 1.29 is 0 Å². The molecule has 0 unspecified atom stereocenters. The number of halogens is 2. The number of hydrogen-bond donors (Lipinski definition) is 1. The molecule has 16 heavy (non-hydrogen) atoms. The van der Waals surface area contributed by atoms with Gasteiger partial charge in [0.25, 0.3) is 0 Å². The largest absolute Gasteiger partial charge is 0.326 e. The Morgan fingerprint density at radius 3 is 2.50 bits per heavy atom. The van der Waals surface area contributed by atoms with E-state index in [1.54, 1.807) is 10.9 Å². The first-order chi connectivity index (χ1) is 6.79.